The van der Waals surface area contributed by atoms with Gasteiger partial charge in [0, 0.05) is 23.3 Å². The van der Waals surface area contributed by atoms with Gasteiger partial charge in [-0.25, -0.2) is 9.59 Å². The molecule has 2 bridgehead atoms. The Bertz CT molecular complexity index is 2660. The minimum Gasteiger partial charge on any atom is -0.479 e. The van der Waals surface area contributed by atoms with Crippen LogP contribution in [0.25, 0.3) is 0 Å². The van der Waals surface area contributed by atoms with Gasteiger partial charge in [0.15, 0.2) is 37.6 Å². The highest BCUT2D eigenvalue weighted by Gasteiger charge is 2.86. The van der Waals surface area contributed by atoms with E-state index < -0.39 is 229 Å². The zero-order valence-corrected chi connectivity index (χ0v) is 53.7. The van der Waals surface area contributed by atoms with Crippen LogP contribution in [0.1, 0.15) is 140 Å². The number of aliphatic carboxylic acids is 1. The van der Waals surface area contributed by atoms with Crippen LogP contribution >= 0.6 is 0 Å². The first kappa shape index (κ1) is 71.1. The molecule has 5 aliphatic carbocycles. The second kappa shape index (κ2) is 25.6. The van der Waals surface area contributed by atoms with Crippen LogP contribution in [0.15, 0.2) is 11.6 Å². The molecule has 5 saturated heterocycles. The summed E-state index contributed by atoms with van der Waals surface area (Å²) in [6.07, 6.45) is -38.7. The molecule has 5 saturated carbocycles. The molecule has 28 heteroatoms. The van der Waals surface area contributed by atoms with Crippen molar-refractivity contribution in [2.45, 2.75) is 299 Å². The largest absolute Gasteiger partial charge is 0.479 e. The number of aliphatic hydroxyl groups is 13. The predicted molar refractivity (Wildman–Crippen MR) is 307 cm³/mol. The van der Waals surface area contributed by atoms with Gasteiger partial charge in [0.05, 0.1) is 37.1 Å². The van der Waals surface area contributed by atoms with Crippen LogP contribution in [-0.2, 0) is 66.5 Å². The molecule has 33 atom stereocenters. The Labute approximate surface area is 528 Å². The summed E-state index contributed by atoms with van der Waals surface area (Å²) in [6.45, 7) is 19.2. The Balaban J connectivity index is 0.992. The summed E-state index contributed by atoms with van der Waals surface area (Å²) in [5.74, 6) is -3.73. The first-order valence-corrected chi connectivity index (χ1v) is 32.4. The fraction of sp³-hybridized carbons (Fsp3) is 0.921. The lowest BCUT2D eigenvalue weighted by Crippen LogP contribution is -2.77. The Morgan fingerprint density at radius 3 is 1.77 bits per heavy atom. The van der Waals surface area contributed by atoms with Crippen LogP contribution in [0, 0.1) is 50.2 Å². The third-order valence-corrected chi connectivity index (χ3v) is 24.5. The van der Waals surface area contributed by atoms with Crippen molar-refractivity contribution in [2.75, 3.05) is 13.2 Å². The number of carbonyl (C=O) groups excluding carboxylic acids is 2. The maximum Gasteiger partial charge on any atom is 0.335 e. The van der Waals surface area contributed by atoms with Gasteiger partial charge >= 0.3 is 17.9 Å². The molecule has 33 unspecified atom stereocenters. The van der Waals surface area contributed by atoms with Crippen molar-refractivity contribution >= 4 is 17.9 Å². The summed E-state index contributed by atoms with van der Waals surface area (Å²) in [5.41, 5.74) is -5.99. The minimum atomic E-state index is -2.30. The van der Waals surface area contributed by atoms with Crippen LogP contribution in [0.3, 0.4) is 0 Å². The molecule has 10 rings (SSSR count). The quantitative estimate of drug-likeness (QED) is 0.0495. The number of aliphatic hydroxyl groups excluding tert-OH is 13. The fourth-order valence-corrected chi connectivity index (χ4v) is 19.2. The van der Waals surface area contributed by atoms with Gasteiger partial charge in [0.2, 0.25) is 0 Å². The highest BCUT2D eigenvalue weighted by Crippen LogP contribution is 2.82. The monoisotopic (exact) mass is 1300 g/mol. The highest BCUT2D eigenvalue weighted by molar-refractivity contribution is 5.87. The van der Waals surface area contributed by atoms with Gasteiger partial charge in [0.25, 0.3) is 0 Å². The molecule has 5 aliphatic heterocycles. The summed E-state index contributed by atoms with van der Waals surface area (Å²) < 4.78 is 69.5. The summed E-state index contributed by atoms with van der Waals surface area (Å²) in [6, 6.07) is 0. The fourth-order valence-electron chi connectivity index (χ4n) is 19.2. The summed E-state index contributed by atoms with van der Waals surface area (Å²) in [7, 11) is 0. The van der Waals surface area contributed by atoms with Crippen molar-refractivity contribution in [3.05, 3.63) is 11.6 Å². The molecule has 10 aliphatic rings. The smallest absolute Gasteiger partial charge is 0.335 e. The number of carbonyl (C=O) groups is 3. The molecule has 0 amide bonds. The van der Waals surface area contributed by atoms with Gasteiger partial charge in [-0.05, 0) is 112 Å². The molecule has 520 valence electrons. The molecule has 0 aromatic heterocycles. The zero-order chi connectivity index (χ0) is 66.9. The minimum absolute atomic E-state index is 0.0694. The van der Waals surface area contributed by atoms with Gasteiger partial charge < -0.3 is 124 Å². The number of allylic oxidation sites excluding steroid dienone is 1. The molecule has 10 fully saturated rings. The Hall–Kier alpha value is -2.73. The van der Waals surface area contributed by atoms with E-state index in [4.69, 9.17) is 52.1 Å². The van der Waals surface area contributed by atoms with Crippen molar-refractivity contribution in [3.63, 3.8) is 0 Å². The number of carboxylic acid groups (broad SMARTS) is 1. The van der Waals surface area contributed by atoms with Crippen molar-refractivity contribution in [3.8, 4) is 0 Å². The number of hydrogen-bond acceptors (Lipinski definition) is 27. The van der Waals surface area contributed by atoms with Gasteiger partial charge in [-0.3, -0.25) is 4.79 Å². The average molecular weight is 1310 g/mol. The SMILES string of the molecule is CC=C(C)C(=O)OC1C(O)C(C)(C)CC2C13C(O)OC21CCC2C4(C)CCC(OC5OC(C(=O)O)C(O)C(OC6OC(CO)C(O)C(O)C6OC6OC(C)C(O)C(O)C6O)C5OC5OC(CO)C(O)C(O)C5O)C(C)(C)C4CCC2(C)C1(C)CC3OC(=O)CCC. The van der Waals surface area contributed by atoms with Crippen molar-refractivity contribution in [2.24, 2.45) is 50.2 Å². The maximum absolute atomic E-state index is 14.0. The molecule has 91 heavy (non-hydrogen) atoms. The second-order valence-corrected chi connectivity index (χ2v) is 29.8. The molecule has 28 nitrogen and oxygen atoms in total. The maximum atomic E-state index is 14.0. The van der Waals surface area contributed by atoms with E-state index in [0.717, 1.165) is 0 Å². The second-order valence-electron chi connectivity index (χ2n) is 29.8. The molecule has 0 aromatic rings. The van der Waals surface area contributed by atoms with Gasteiger partial charge in [0.1, 0.15) is 103 Å². The van der Waals surface area contributed by atoms with Crippen LogP contribution in [0.2, 0.25) is 0 Å². The Morgan fingerprint density at radius 2 is 1.15 bits per heavy atom. The zero-order valence-electron chi connectivity index (χ0n) is 53.7. The number of hydrogen-bond donors (Lipinski definition) is 14. The van der Waals surface area contributed by atoms with Crippen LogP contribution in [0.5, 0.6) is 0 Å². The molecular formula is C63H100O28. The van der Waals surface area contributed by atoms with E-state index in [0.29, 0.717) is 50.5 Å². The van der Waals surface area contributed by atoms with Crippen LogP contribution < -0.4 is 0 Å². The van der Waals surface area contributed by atoms with Gasteiger partial charge in [-0.15, -0.1) is 0 Å². The third-order valence-electron chi connectivity index (χ3n) is 24.5. The van der Waals surface area contributed by atoms with Crippen molar-refractivity contribution < 1.29 is 138 Å². The topological polar surface area (TPSA) is 436 Å². The molecule has 0 aromatic carbocycles. The van der Waals surface area contributed by atoms with E-state index in [2.05, 4.69) is 20.8 Å². The Kier molecular flexibility index (Phi) is 20.0. The van der Waals surface area contributed by atoms with Crippen molar-refractivity contribution in [1.82, 2.24) is 0 Å². The first-order chi connectivity index (χ1) is 42.5. The molecule has 5 heterocycles. The molecule has 14 N–H and O–H groups in total. The number of ether oxygens (including phenoxy) is 11. The van der Waals surface area contributed by atoms with E-state index in [1.54, 1.807) is 19.9 Å². The summed E-state index contributed by atoms with van der Waals surface area (Å²) >= 11 is 0. The van der Waals surface area contributed by atoms with Crippen molar-refractivity contribution in [1.29, 1.82) is 0 Å². The lowest BCUT2D eigenvalue weighted by atomic mass is 9.30. The third kappa shape index (κ3) is 11.1. The van der Waals surface area contributed by atoms with Gasteiger partial charge in [-0.2, -0.15) is 0 Å². The standard InChI is InChI=1S/C63H100O28/c1-12-14-34(66)84-33-22-61(11)60(10)19-15-29-58(7,8)32(17-18-59(29,9)30(60)16-20-62(61)31-21-57(5,6)48(76)49(63(31,33)56(80)91-62)90-51(79)25(3)13-2)85-55-47(89-53-42(74)39(71)36(68)27(23-64)82-53)44(43(75)45(87-55)50(77)78)86-54-46(40(72)37(69)28(24-65)83-54)88-52-41(73)38(70)35(67)26(4)81-52/h13,26-33,35-49,52-56,64-65,67-76,80H,12,14-24H2,1-11H3,(H,77,78). The average Bonchev–Trinajstić information content (AvgIpc) is 1.56. The van der Waals surface area contributed by atoms with Crippen LogP contribution in [-0.4, -0.2) is 262 Å². The number of esters is 2. The lowest BCUT2D eigenvalue weighted by molar-refractivity contribution is -0.406. The number of carboxylic acids is 1. The predicted octanol–water partition coefficient (Wildman–Crippen LogP) is -1.10. The molecule has 0 radical (unpaired) electrons. The summed E-state index contributed by atoms with van der Waals surface area (Å²) in [5, 5.41) is 157. The highest BCUT2D eigenvalue weighted by atomic mass is 16.8. The van der Waals surface area contributed by atoms with E-state index in [-0.39, 0.29) is 31.1 Å². The number of fused-ring (bicyclic) bond motifs is 4. The van der Waals surface area contributed by atoms with E-state index in [9.17, 15) is 85.9 Å². The molecule has 1 spiro atoms. The van der Waals surface area contributed by atoms with E-state index >= 15 is 0 Å². The van der Waals surface area contributed by atoms with Crippen LogP contribution in [0.4, 0.5) is 0 Å². The Morgan fingerprint density at radius 1 is 0.582 bits per heavy atom. The lowest BCUT2D eigenvalue weighted by Gasteiger charge is -2.75. The normalized spacial score (nSPS) is 52.6. The molecular weight excluding hydrogens is 1200 g/mol. The van der Waals surface area contributed by atoms with Gasteiger partial charge in [-0.1, -0.05) is 61.5 Å². The summed E-state index contributed by atoms with van der Waals surface area (Å²) in [4.78, 5) is 41.2. The first-order valence-electron chi connectivity index (χ1n) is 32.4. The van der Waals surface area contributed by atoms with E-state index in [1.807, 2.05) is 34.6 Å². The van der Waals surface area contributed by atoms with E-state index in [1.165, 1.54) is 6.92 Å². The number of rotatable bonds is 16.